The summed E-state index contributed by atoms with van der Waals surface area (Å²) in [6.45, 7) is 1.74. The topological polar surface area (TPSA) is 54.9 Å². The first kappa shape index (κ1) is 9.98. The summed E-state index contributed by atoms with van der Waals surface area (Å²) in [5.74, 6) is -1.02. The van der Waals surface area contributed by atoms with Crippen LogP contribution >= 0.6 is 11.6 Å². The van der Waals surface area contributed by atoms with Crippen molar-refractivity contribution in [1.82, 2.24) is 9.55 Å². The molecule has 4 nitrogen and oxygen atoms in total. The Kier molecular flexibility index (Phi) is 2.87. The van der Waals surface area contributed by atoms with Crippen LogP contribution in [0.25, 0.3) is 0 Å². The lowest BCUT2D eigenvalue weighted by Gasteiger charge is -2.08. The lowest BCUT2D eigenvalue weighted by atomic mass is 10.4. The van der Waals surface area contributed by atoms with Crippen LogP contribution in [0.1, 0.15) is 18.8 Å². The number of aromatic amines is 1. The molecule has 0 bridgehead atoms. The van der Waals surface area contributed by atoms with Gasteiger partial charge in [0.2, 0.25) is 5.82 Å². The number of hydrogen-bond donors (Lipinski definition) is 1. The summed E-state index contributed by atoms with van der Waals surface area (Å²) in [4.78, 5) is 23.5. The molecule has 13 heavy (non-hydrogen) atoms. The fraction of sp³-hybridized carbons (Fsp3) is 0.429. The molecule has 0 fully saturated rings. The summed E-state index contributed by atoms with van der Waals surface area (Å²) in [7, 11) is 0. The molecule has 1 N–H and O–H groups in total. The minimum Gasteiger partial charge on any atom is -0.281 e. The number of nitrogens with zero attached hydrogens (tertiary/aromatic N) is 1. The molecule has 0 saturated carbocycles. The van der Waals surface area contributed by atoms with Crippen LogP contribution in [0.2, 0.25) is 0 Å². The van der Waals surface area contributed by atoms with Gasteiger partial charge >= 0.3 is 5.69 Å². The van der Waals surface area contributed by atoms with E-state index >= 15 is 0 Å². The van der Waals surface area contributed by atoms with Gasteiger partial charge in [0.1, 0.15) is 5.50 Å². The Hall–Kier alpha value is -1.10. The van der Waals surface area contributed by atoms with E-state index in [4.69, 9.17) is 11.6 Å². The summed E-state index contributed by atoms with van der Waals surface area (Å²) >= 11 is 5.69. The Morgan fingerprint density at radius 3 is 2.85 bits per heavy atom. The molecular weight excluding hydrogens is 199 g/mol. The second-order valence-electron chi connectivity index (χ2n) is 2.49. The summed E-state index contributed by atoms with van der Waals surface area (Å²) in [5, 5.41) is 0. The molecule has 0 aliphatic carbocycles. The van der Waals surface area contributed by atoms with Crippen molar-refractivity contribution in [3.63, 3.8) is 0 Å². The average molecular weight is 207 g/mol. The fourth-order valence-electron chi connectivity index (χ4n) is 0.866. The van der Waals surface area contributed by atoms with Crippen molar-refractivity contribution in [1.29, 1.82) is 0 Å². The number of rotatable bonds is 2. The van der Waals surface area contributed by atoms with E-state index < -0.39 is 22.6 Å². The molecule has 0 saturated heterocycles. The zero-order valence-electron chi connectivity index (χ0n) is 6.88. The standard InChI is InChI=1S/C7H8ClFN2O2/c1-2-5(8)11-3-4(9)6(12)10-7(11)13/h3,5H,2H2,1H3,(H,10,12,13). The van der Waals surface area contributed by atoms with Crippen LogP contribution in [0.3, 0.4) is 0 Å². The monoisotopic (exact) mass is 206 g/mol. The molecule has 0 aliphatic rings. The minimum absolute atomic E-state index is 0.465. The summed E-state index contributed by atoms with van der Waals surface area (Å²) in [6, 6.07) is 0. The molecule has 0 amide bonds. The predicted octanol–water partition coefficient (Wildman–Crippen LogP) is 0.823. The zero-order valence-corrected chi connectivity index (χ0v) is 7.64. The second-order valence-corrected chi connectivity index (χ2v) is 2.99. The molecule has 1 atom stereocenters. The third-order valence-corrected chi connectivity index (χ3v) is 2.08. The molecule has 1 unspecified atom stereocenters. The zero-order chi connectivity index (χ0) is 10.0. The number of aromatic nitrogens is 2. The highest BCUT2D eigenvalue weighted by Gasteiger charge is 2.09. The van der Waals surface area contributed by atoms with Crippen LogP contribution in [0.4, 0.5) is 4.39 Å². The Morgan fingerprint density at radius 1 is 1.69 bits per heavy atom. The maximum absolute atomic E-state index is 12.7. The first-order chi connectivity index (χ1) is 6.06. The van der Waals surface area contributed by atoms with Crippen molar-refractivity contribution in [2.24, 2.45) is 0 Å². The van der Waals surface area contributed by atoms with E-state index in [1.54, 1.807) is 6.92 Å². The van der Waals surface area contributed by atoms with Crippen molar-refractivity contribution >= 4 is 11.6 Å². The van der Waals surface area contributed by atoms with Crippen molar-refractivity contribution in [3.8, 4) is 0 Å². The number of H-pyrrole nitrogens is 1. The maximum atomic E-state index is 12.7. The van der Waals surface area contributed by atoms with Gasteiger partial charge in [0.05, 0.1) is 6.20 Å². The van der Waals surface area contributed by atoms with Gasteiger partial charge in [-0.1, -0.05) is 18.5 Å². The fourth-order valence-corrected chi connectivity index (χ4v) is 1.01. The van der Waals surface area contributed by atoms with E-state index in [9.17, 15) is 14.0 Å². The van der Waals surface area contributed by atoms with Crippen LogP contribution in [0.5, 0.6) is 0 Å². The van der Waals surface area contributed by atoms with Crippen molar-refractivity contribution < 1.29 is 4.39 Å². The Bertz CT molecular complexity index is 412. The van der Waals surface area contributed by atoms with Gasteiger partial charge in [0.15, 0.2) is 0 Å². The lowest BCUT2D eigenvalue weighted by molar-refractivity contribution is 0.535. The maximum Gasteiger partial charge on any atom is 0.329 e. The molecule has 72 valence electrons. The third kappa shape index (κ3) is 1.98. The molecule has 1 rings (SSSR count). The molecule has 0 spiro atoms. The molecule has 1 aromatic rings. The number of halogens is 2. The average Bonchev–Trinajstić information content (AvgIpc) is 2.10. The SMILES string of the molecule is CCC(Cl)n1cc(F)c(=O)[nH]c1=O. The smallest absolute Gasteiger partial charge is 0.281 e. The van der Waals surface area contributed by atoms with Crippen LogP contribution in [-0.4, -0.2) is 9.55 Å². The van der Waals surface area contributed by atoms with Crippen LogP contribution in [0, 0.1) is 5.82 Å². The van der Waals surface area contributed by atoms with Gasteiger partial charge in [-0.25, -0.2) is 4.79 Å². The van der Waals surface area contributed by atoms with Gasteiger partial charge in [-0.15, -0.1) is 0 Å². The first-order valence-electron chi connectivity index (χ1n) is 3.71. The van der Waals surface area contributed by atoms with Crippen molar-refractivity contribution in [2.75, 3.05) is 0 Å². The number of alkyl halides is 1. The lowest BCUT2D eigenvalue weighted by Crippen LogP contribution is -2.32. The molecule has 0 radical (unpaired) electrons. The van der Waals surface area contributed by atoms with E-state index in [-0.39, 0.29) is 0 Å². The van der Waals surface area contributed by atoms with Crippen LogP contribution in [-0.2, 0) is 0 Å². The molecular formula is C7H8ClFN2O2. The van der Waals surface area contributed by atoms with Crippen LogP contribution < -0.4 is 11.2 Å². The van der Waals surface area contributed by atoms with Gasteiger partial charge in [-0.2, -0.15) is 4.39 Å². The highest BCUT2D eigenvalue weighted by molar-refractivity contribution is 6.18. The summed E-state index contributed by atoms with van der Waals surface area (Å²) in [5.41, 5.74) is -2.37. The van der Waals surface area contributed by atoms with Gasteiger partial charge in [-0.3, -0.25) is 14.3 Å². The van der Waals surface area contributed by atoms with Gasteiger partial charge in [0, 0.05) is 0 Å². The highest BCUT2D eigenvalue weighted by atomic mass is 35.5. The van der Waals surface area contributed by atoms with Crippen molar-refractivity contribution in [2.45, 2.75) is 18.8 Å². The molecule has 6 heteroatoms. The van der Waals surface area contributed by atoms with Crippen molar-refractivity contribution in [3.05, 3.63) is 32.9 Å². The quantitative estimate of drug-likeness (QED) is 0.729. The Balaban J connectivity index is 3.32. The first-order valence-corrected chi connectivity index (χ1v) is 4.15. The normalized spacial score (nSPS) is 12.8. The Labute approximate surface area is 78.0 Å². The molecule has 0 aromatic carbocycles. The highest BCUT2D eigenvalue weighted by Crippen LogP contribution is 2.12. The molecule has 1 heterocycles. The van der Waals surface area contributed by atoms with E-state index in [1.807, 2.05) is 4.98 Å². The third-order valence-electron chi connectivity index (χ3n) is 1.56. The molecule has 0 aliphatic heterocycles. The van der Waals surface area contributed by atoms with E-state index in [1.165, 1.54) is 0 Å². The van der Waals surface area contributed by atoms with E-state index in [0.717, 1.165) is 10.8 Å². The van der Waals surface area contributed by atoms with Gasteiger partial charge < -0.3 is 0 Å². The van der Waals surface area contributed by atoms with E-state index in [2.05, 4.69) is 0 Å². The summed E-state index contributed by atoms with van der Waals surface area (Å²) < 4.78 is 13.6. The predicted molar refractivity (Wildman–Crippen MR) is 46.5 cm³/mol. The summed E-state index contributed by atoms with van der Waals surface area (Å²) in [6.07, 6.45) is 1.27. The molecule has 1 aromatic heterocycles. The minimum atomic E-state index is -1.03. The van der Waals surface area contributed by atoms with E-state index in [0.29, 0.717) is 6.42 Å². The number of hydrogen-bond acceptors (Lipinski definition) is 2. The van der Waals surface area contributed by atoms with Gasteiger partial charge in [-0.05, 0) is 6.42 Å². The number of nitrogens with one attached hydrogen (secondary N) is 1. The second kappa shape index (κ2) is 3.74. The largest absolute Gasteiger partial charge is 0.329 e. The Morgan fingerprint density at radius 2 is 2.31 bits per heavy atom. The van der Waals surface area contributed by atoms with Crippen LogP contribution in [0.15, 0.2) is 15.8 Å². The van der Waals surface area contributed by atoms with Gasteiger partial charge in [0.25, 0.3) is 5.56 Å².